The Labute approximate surface area is 124 Å². The standard InChI is InChI=1S/C17H32O3/c1-4-12-15(5-2)16(18)13-10-8-6-7-9-11-14-17(19)20-3/h5,15-16,18H,2,4,6-14H2,1,3H3. The van der Waals surface area contributed by atoms with Gasteiger partial charge in [-0.2, -0.15) is 0 Å². The largest absolute Gasteiger partial charge is 0.469 e. The van der Waals surface area contributed by atoms with Gasteiger partial charge in [-0.25, -0.2) is 0 Å². The van der Waals surface area contributed by atoms with Crippen LogP contribution in [0.4, 0.5) is 0 Å². The molecule has 2 unspecified atom stereocenters. The smallest absolute Gasteiger partial charge is 0.305 e. The Morgan fingerprint density at radius 2 is 1.75 bits per heavy atom. The van der Waals surface area contributed by atoms with Crippen molar-refractivity contribution in [3.05, 3.63) is 12.7 Å². The average Bonchev–Trinajstić information content (AvgIpc) is 2.46. The van der Waals surface area contributed by atoms with Crippen LogP contribution < -0.4 is 0 Å². The van der Waals surface area contributed by atoms with Gasteiger partial charge in [0.15, 0.2) is 0 Å². The van der Waals surface area contributed by atoms with Gasteiger partial charge in [-0.15, -0.1) is 6.58 Å². The van der Waals surface area contributed by atoms with Crippen molar-refractivity contribution >= 4 is 5.97 Å². The van der Waals surface area contributed by atoms with Crippen LogP contribution in [0.2, 0.25) is 0 Å². The van der Waals surface area contributed by atoms with E-state index in [-0.39, 0.29) is 18.0 Å². The molecule has 0 amide bonds. The summed E-state index contributed by atoms with van der Waals surface area (Å²) in [5.74, 6) is 0.138. The summed E-state index contributed by atoms with van der Waals surface area (Å²) < 4.78 is 4.60. The number of esters is 1. The van der Waals surface area contributed by atoms with Crippen molar-refractivity contribution in [2.45, 2.75) is 77.2 Å². The van der Waals surface area contributed by atoms with Gasteiger partial charge >= 0.3 is 5.97 Å². The fourth-order valence-electron chi connectivity index (χ4n) is 2.45. The lowest BCUT2D eigenvalue weighted by atomic mass is 9.93. The van der Waals surface area contributed by atoms with Crippen LogP contribution in [0.15, 0.2) is 12.7 Å². The van der Waals surface area contributed by atoms with Crippen molar-refractivity contribution in [2.75, 3.05) is 7.11 Å². The van der Waals surface area contributed by atoms with Crippen LogP contribution in [-0.2, 0) is 9.53 Å². The van der Waals surface area contributed by atoms with Crippen molar-refractivity contribution in [2.24, 2.45) is 5.92 Å². The number of ether oxygens (including phenoxy) is 1. The molecule has 0 bridgehead atoms. The Bertz CT molecular complexity index is 251. The quantitative estimate of drug-likeness (QED) is 0.312. The Kier molecular flexibility index (Phi) is 12.6. The summed E-state index contributed by atoms with van der Waals surface area (Å²) in [5.41, 5.74) is 0. The van der Waals surface area contributed by atoms with E-state index >= 15 is 0 Å². The van der Waals surface area contributed by atoms with Gasteiger partial charge in [-0.3, -0.25) is 4.79 Å². The van der Waals surface area contributed by atoms with Crippen LogP contribution in [0.25, 0.3) is 0 Å². The van der Waals surface area contributed by atoms with Gasteiger partial charge in [-0.1, -0.05) is 51.5 Å². The maximum atomic E-state index is 10.9. The van der Waals surface area contributed by atoms with Gasteiger partial charge in [0, 0.05) is 12.3 Å². The monoisotopic (exact) mass is 284 g/mol. The van der Waals surface area contributed by atoms with E-state index in [2.05, 4.69) is 18.2 Å². The third-order valence-electron chi connectivity index (χ3n) is 3.78. The highest BCUT2D eigenvalue weighted by Gasteiger charge is 2.14. The number of unbranched alkanes of at least 4 members (excludes halogenated alkanes) is 5. The third kappa shape index (κ3) is 10.0. The van der Waals surface area contributed by atoms with E-state index in [4.69, 9.17) is 0 Å². The lowest BCUT2D eigenvalue weighted by Gasteiger charge is -2.18. The van der Waals surface area contributed by atoms with E-state index in [1.165, 1.54) is 13.5 Å². The van der Waals surface area contributed by atoms with E-state index in [0.29, 0.717) is 6.42 Å². The van der Waals surface area contributed by atoms with Gasteiger partial charge in [0.05, 0.1) is 13.2 Å². The molecule has 0 spiro atoms. The molecule has 0 aliphatic heterocycles. The molecule has 20 heavy (non-hydrogen) atoms. The molecule has 0 saturated heterocycles. The van der Waals surface area contributed by atoms with Gasteiger partial charge < -0.3 is 9.84 Å². The van der Waals surface area contributed by atoms with Crippen LogP contribution >= 0.6 is 0 Å². The molecule has 3 heteroatoms. The number of rotatable bonds is 13. The second kappa shape index (κ2) is 13.2. The summed E-state index contributed by atoms with van der Waals surface area (Å²) in [4.78, 5) is 10.9. The highest BCUT2D eigenvalue weighted by Crippen LogP contribution is 2.18. The van der Waals surface area contributed by atoms with E-state index in [0.717, 1.165) is 51.4 Å². The van der Waals surface area contributed by atoms with Crippen molar-refractivity contribution in [1.29, 1.82) is 0 Å². The molecule has 1 N–H and O–H groups in total. The van der Waals surface area contributed by atoms with Gasteiger partial charge in [0.1, 0.15) is 0 Å². The van der Waals surface area contributed by atoms with Crippen molar-refractivity contribution in [3.8, 4) is 0 Å². The van der Waals surface area contributed by atoms with Crippen LogP contribution in [0.3, 0.4) is 0 Å². The Hall–Kier alpha value is -0.830. The van der Waals surface area contributed by atoms with Gasteiger partial charge in [0.25, 0.3) is 0 Å². The van der Waals surface area contributed by atoms with E-state index in [1.807, 2.05) is 6.08 Å². The molecule has 0 aromatic heterocycles. The maximum Gasteiger partial charge on any atom is 0.305 e. The number of aliphatic hydroxyl groups excluding tert-OH is 1. The summed E-state index contributed by atoms with van der Waals surface area (Å²) in [7, 11) is 1.43. The van der Waals surface area contributed by atoms with Crippen molar-refractivity contribution in [3.63, 3.8) is 0 Å². The molecule has 0 rings (SSSR count). The molecule has 0 aromatic carbocycles. The average molecular weight is 284 g/mol. The molecule has 3 nitrogen and oxygen atoms in total. The first-order valence-corrected chi connectivity index (χ1v) is 8.03. The zero-order chi connectivity index (χ0) is 15.2. The zero-order valence-electron chi connectivity index (χ0n) is 13.3. The van der Waals surface area contributed by atoms with Crippen LogP contribution in [0, 0.1) is 5.92 Å². The minimum absolute atomic E-state index is 0.112. The Morgan fingerprint density at radius 3 is 2.30 bits per heavy atom. The van der Waals surface area contributed by atoms with Crippen LogP contribution in [-0.4, -0.2) is 24.3 Å². The second-order valence-corrected chi connectivity index (χ2v) is 5.49. The maximum absolute atomic E-state index is 10.9. The van der Waals surface area contributed by atoms with Gasteiger partial charge in [0.2, 0.25) is 0 Å². The summed E-state index contributed by atoms with van der Waals surface area (Å²) >= 11 is 0. The highest BCUT2D eigenvalue weighted by atomic mass is 16.5. The topological polar surface area (TPSA) is 46.5 Å². The zero-order valence-corrected chi connectivity index (χ0v) is 13.3. The molecule has 2 atom stereocenters. The second-order valence-electron chi connectivity index (χ2n) is 5.49. The fraction of sp³-hybridized carbons (Fsp3) is 0.824. The van der Waals surface area contributed by atoms with Crippen molar-refractivity contribution < 1.29 is 14.6 Å². The number of carbonyl (C=O) groups is 1. The molecule has 0 saturated carbocycles. The summed E-state index contributed by atoms with van der Waals surface area (Å²) in [6.45, 7) is 5.94. The minimum atomic E-state index is -0.230. The first kappa shape index (κ1) is 19.2. The van der Waals surface area contributed by atoms with E-state index < -0.39 is 0 Å². The number of carbonyl (C=O) groups excluding carboxylic acids is 1. The Balaban J connectivity index is 3.43. The highest BCUT2D eigenvalue weighted by molar-refractivity contribution is 5.68. The predicted molar refractivity (Wildman–Crippen MR) is 83.6 cm³/mol. The molecule has 0 radical (unpaired) electrons. The number of methoxy groups -OCH3 is 1. The van der Waals surface area contributed by atoms with Crippen LogP contribution in [0.1, 0.15) is 71.1 Å². The molecule has 0 aromatic rings. The molecule has 0 heterocycles. The lowest BCUT2D eigenvalue weighted by Crippen LogP contribution is -2.18. The lowest BCUT2D eigenvalue weighted by molar-refractivity contribution is -0.140. The van der Waals surface area contributed by atoms with Gasteiger partial charge in [-0.05, 0) is 19.3 Å². The minimum Gasteiger partial charge on any atom is -0.469 e. The normalized spacial score (nSPS) is 13.8. The number of hydrogen-bond donors (Lipinski definition) is 1. The molecule has 118 valence electrons. The molecule has 0 aliphatic rings. The molecule has 0 fully saturated rings. The fourth-order valence-corrected chi connectivity index (χ4v) is 2.45. The van der Waals surface area contributed by atoms with E-state index in [1.54, 1.807) is 0 Å². The van der Waals surface area contributed by atoms with Crippen LogP contribution in [0.5, 0.6) is 0 Å². The van der Waals surface area contributed by atoms with Crippen molar-refractivity contribution in [1.82, 2.24) is 0 Å². The first-order chi connectivity index (χ1) is 9.65. The molecule has 0 aliphatic carbocycles. The summed E-state index contributed by atoms with van der Waals surface area (Å²) in [5, 5.41) is 10.0. The summed E-state index contributed by atoms with van der Waals surface area (Å²) in [6.07, 6.45) is 11.8. The third-order valence-corrected chi connectivity index (χ3v) is 3.78. The molecular formula is C17H32O3. The Morgan fingerprint density at radius 1 is 1.15 bits per heavy atom. The summed E-state index contributed by atoms with van der Waals surface area (Å²) in [6, 6.07) is 0. The van der Waals surface area contributed by atoms with E-state index in [9.17, 15) is 9.90 Å². The first-order valence-electron chi connectivity index (χ1n) is 8.03. The molecular weight excluding hydrogens is 252 g/mol. The number of aliphatic hydroxyl groups is 1. The SMILES string of the molecule is C=CC(CCC)C(O)CCCCCCCCC(=O)OC. The number of hydrogen-bond acceptors (Lipinski definition) is 3. The predicted octanol–water partition coefficient (Wildman–Crippen LogP) is 4.24.